The van der Waals surface area contributed by atoms with Gasteiger partial charge in [0.15, 0.2) is 5.12 Å². The molecule has 0 aromatic rings. The Bertz CT molecular complexity index is 190. The van der Waals surface area contributed by atoms with Crippen molar-refractivity contribution in [1.82, 2.24) is 0 Å². The van der Waals surface area contributed by atoms with Crippen LogP contribution in [0.2, 0.25) is 0 Å². The molecule has 0 saturated heterocycles. The molecule has 0 amide bonds. The number of carbonyl (C=O) groups is 1. The summed E-state index contributed by atoms with van der Waals surface area (Å²) in [6, 6.07) is 0. The molecule has 0 aliphatic carbocycles. The Kier molecular flexibility index (Phi) is 11.3. The number of thioether (sulfide) groups is 1. The predicted octanol–water partition coefficient (Wildman–Crippen LogP) is 2.98. The second-order valence-electron chi connectivity index (χ2n) is 3.89. The van der Waals surface area contributed by atoms with Crippen molar-refractivity contribution in [3.63, 3.8) is 0 Å². The van der Waals surface area contributed by atoms with Crippen LogP contribution in [0.4, 0.5) is 0 Å². The first-order valence-electron chi connectivity index (χ1n) is 5.80. The van der Waals surface area contributed by atoms with Crippen LogP contribution in [0.1, 0.15) is 39.0 Å². The molecule has 2 unspecified atom stereocenters. The summed E-state index contributed by atoms with van der Waals surface area (Å²) in [5.41, 5.74) is 5.34. The van der Waals surface area contributed by atoms with Crippen molar-refractivity contribution in [3.8, 4) is 0 Å². The van der Waals surface area contributed by atoms with Crippen molar-refractivity contribution < 1.29 is 4.79 Å². The minimum absolute atomic E-state index is 0.185. The Labute approximate surface area is 114 Å². The van der Waals surface area contributed by atoms with E-state index in [1.54, 1.807) is 0 Å². The third-order valence-electron chi connectivity index (χ3n) is 2.58. The highest BCUT2D eigenvalue weighted by atomic mass is 32.2. The molecule has 5 heteroatoms. The van der Waals surface area contributed by atoms with Gasteiger partial charge in [-0.05, 0) is 12.3 Å². The van der Waals surface area contributed by atoms with Crippen molar-refractivity contribution in [2.24, 2.45) is 11.7 Å². The lowest BCUT2D eigenvalue weighted by Crippen LogP contribution is -2.20. The predicted molar refractivity (Wildman–Crippen MR) is 80.5 cm³/mol. The first-order valence-corrected chi connectivity index (χ1v) is 7.93. The zero-order chi connectivity index (χ0) is 12.4. The van der Waals surface area contributed by atoms with Gasteiger partial charge in [0.25, 0.3) is 0 Å². The minimum Gasteiger partial charge on any atom is -0.322 e. The van der Waals surface area contributed by atoms with Crippen LogP contribution >= 0.6 is 37.0 Å². The van der Waals surface area contributed by atoms with Crippen molar-refractivity contribution in [2.75, 3.05) is 11.6 Å². The standard InChI is InChI=1S/C11H23NOS3/c1-2-3-4-5-9(10(15)7-14)6-11(13)16-8-12/h9-10,14-15H,2-8,12H2,1H3. The maximum atomic E-state index is 11.5. The molecular weight excluding hydrogens is 258 g/mol. The molecule has 16 heavy (non-hydrogen) atoms. The Morgan fingerprint density at radius 1 is 1.44 bits per heavy atom. The van der Waals surface area contributed by atoms with Crippen LogP contribution in [0, 0.1) is 5.92 Å². The third kappa shape index (κ3) is 7.87. The van der Waals surface area contributed by atoms with E-state index < -0.39 is 0 Å². The number of hydrogen-bond acceptors (Lipinski definition) is 5. The quantitative estimate of drug-likeness (QED) is 0.346. The Balaban J connectivity index is 4.04. The van der Waals surface area contributed by atoms with Gasteiger partial charge < -0.3 is 5.73 Å². The Morgan fingerprint density at radius 2 is 2.12 bits per heavy atom. The van der Waals surface area contributed by atoms with Crippen molar-refractivity contribution in [3.05, 3.63) is 0 Å². The van der Waals surface area contributed by atoms with Gasteiger partial charge in [0.1, 0.15) is 0 Å². The first-order chi connectivity index (χ1) is 7.65. The van der Waals surface area contributed by atoms with E-state index in [1.165, 1.54) is 31.0 Å². The molecule has 0 aliphatic heterocycles. The second-order valence-corrected chi connectivity index (χ2v) is 6.00. The number of thiol groups is 2. The van der Waals surface area contributed by atoms with Crippen LogP contribution in [-0.2, 0) is 4.79 Å². The van der Waals surface area contributed by atoms with Gasteiger partial charge in [-0.2, -0.15) is 25.3 Å². The molecule has 0 radical (unpaired) electrons. The van der Waals surface area contributed by atoms with E-state index in [4.69, 9.17) is 5.73 Å². The maximum absolute atomic E-state index is 11.5. The summed E-state index contributed by atoms with van der Waals surface area (Å²) >= 11 is 9.96. The molecule has 0 saturated carbocycles. The molecule has 96 valence electrons. The van der Waals surface area contributed by atoms with Gasteiger partial charge >= 0.3 is 0 Å². The van der Waals surface area contributed by atoms with Gasteiger partial charge in [-0.25, -0.2) is 0 Å². The molecule has 0 rings (SSSR count). The maximum Gasteiger partial charge on any atom is 0.190 e. The molecule has 2 N–H and O–H groups in total. The summed E-state index contributed by atoms with van der Waals surface area (Å²) in [7, 11) is 0. The molecule has 0 spiro atoms. The summed E-state index contributed by atoms with van der Waals surface area (Å²) in [6.07, 6.45) is 5.25. The topological polar surface area (TPSA) is 43.1 Å². The van der Waals surface area contributed by atoms with Gasteiger partial charge in [0.05, 0.1) is 0 Å². The lowest BCUT2D eigenvalue weighted by molar-refractivity contribution is -0.111. The highest BCUT2D eigenvalue weighted by molar-refractivity contribution is 8.13. The smallest absolute Gasteiger partial charge is 0.190 e. The molecule has 0 heterocycles. The minimum atomic E-state index is 0.185. The Morgan fingerprint density at radius 3 is 2.62 bits per heavy atom. The monoisotopic (exact) mass is 281 g/mol. The molecule has 2 nitrogen and oxygen atoms in total. The van der Waals surface area contributed by atoms with Crippen LogP contribution in [0.3, 0.4) is 0 Å². The van der Waals surface area contributed by atoms with E-state index >= 15 is 0 Å². The van der Waals surface area contributed by atoms with Crippen molar-refractivity contribution in [1.29, 1.82) is 0 Å². The number of carbonyl (C=O) groups excluding carboxylic acids is 1. The van der Waals surface area contributed by atoms with Gasteiger partial charge in [0, 0.05) is 23.3 Å². The summed E-state index contributed by atoms with van der Waals surface area (Å²) in [6.45, 7) is 2.18. The largest absolute Gasteiger partial charge is 0.322 e. The lowest BCUT2D eigenvalue weighted by atomic mass is 9.95. The zero-order valence-electron chi connectivity index (χ0n) is 9.89. The molecular formula is C11H23NOS3. The van der Waals surface area contributed by atoms with E-state index in [0.717, 1.165) is 12.2 Å². The molecule has 0 fully saturated rings. The van der Waals surface area contributed by atoms with Gasteiger partial charge in [0.2, 0.25) is 0 Å². The van der Waals surface area contributed by atoms with Crippen LogP contribution in [0.25, 0.3) is 0 Å². The van der Waals surface area contributed by atoms with Crippen LogP contribution in [-0.4, -0.2) is 22.0 Å². The van der Waals surface area contributed by atoms with Crippen LogP contribution < -0.4 is 5.73 Å². The summed E-state index contributed by atoms with van der Waals surface area (Å²) in [4.78, 5) is 11.5. The SMILES string of the molecule is CCCCCC(CC(=O)SCN)C(S)CS. The summed E-state index contributed by atoms with van der Waals surface area (Å²) < 4.78 is 0. The van der Waals surface area contributed by atoms with E-state index in [1.807, 2.05) is 0 Å². The number of nitrogens with two attached hydrogens (primary N) is 1. The number of rotatable bonds is 9. The van der Waals surface area contributed by atoms with Crippen LogP contribution in [0.15, 0.2) is 0 Å². The number of unbranched alkanes of at least 4 members (excludes halogenated alkanes) is 2. The third-order valence-corrected chi connectivity index (χ3v) is 4.52. The van der Waals surface area contributed by atoms with E-state index in [2.05, 4.69) is 32.2 Å². The molecule has 0 aliphatic rings. The summed E-state index contributed by atoms with van der Waals surface area (Å²) in [5.74, 6) is 1.44. The lowest BCUT2D eigenvalue weighted by Gasteiger charge is -2.20. The van der Waals surface area contributed by atoms with Gasteiger partial charge in [-0.15, -0.1) is 0 Å². The van der Waals surface area contributed by atoms with E-state index in [9.17, 15) is 4.79 Å². The van der Waals surface area contributed by atoms with E-state index in [0.29, 0.717) is 18.2 Å². The van der Waals surface area contributed by atoms with E-state index in [-0.39, 0.29) is 10.4 Å². The zero-order valence-corrected chi connectivity index (χ0v) is 12.5. The fourth-order valence-electron chi connectivity index (χ4n) is 1.60. The highest BCUT2D eigenvalue weighted by Crippen LogP contribution is 2.25. The molecule has 0 aromatic heterocycles. The summed E-state index contributed by atoms with van der Waals surface area (Å²) in [5, 5.41) is 0.396. The Hall–Kier alpha value is 0.680. The van der Waals surface area contributed by atoms with Gasteiger partial charge in [-0.1, -0.05) is 37.9 Å². The van der Waals surface area contributed by atoms with Crippen molar-refractivity contribution >= 4 is 42.1 Å². The molecule has 0 aromatic carbocycles. The van der Waals surface area contributed by atoms with Gasteiger partial charge in [-0.3, -0.25) is 4.79 Å². The highest BCUT2D eigenvalue weighted by Gasteiger charge is 2.20. The average molecular weight is 282 g/mol. The second kappa shape index (κ2) is 10.8. The average Bonchev–Trinajstić information content (AvgIpc) is 2.27. The number of hydrogen-bond donors (Lipinski definition) is 3. The van der Waals surface area contributed by atoms with Crippen molar-refractivity contribution in [2.45, 2.75) is 44.3 Å². The normalized spacial score (nSPS) is 14.8. The molecule has 2 atom stereocenters. The van der Waals surface area contributed by atoms with Crippen LogP contribution in [0.5, 0.6) is 0 Å². The fourth-order valence-corrected chi connectivity index (χ4v) is 2.67. The molecule has 0 bridgehead atoms. The fraction of sp³-hybridized carbons (Fsp3) is 0.909. The first kappa shape index (κ1) is 16.7.